The molecule has 0 unspecified atom stereocenters. The van der Waals surface area contributed by atoms with E-state index in [0.717, 1.165) is 11.3 Å². The molecule has 8 nitrogen and oxygen atoms in total. The molecule has 1 atom stereocenters. The first kappa shape index (κ1) is 35.3. The highest BCUT2D eigenvalue weighted by molar-refractivity contribution is 7.18. The number of hydrogen-bond donors (Lipinski definition) is 1. The van der Waals surface area contributed by atoms with Crippen molar-refractivity contribution in [2.75, 3.05) is 24.6 Å². The number of nitrogens with zero attached hydrogens (tertiary/aromatic N) is 2. The van der Waals surface area contributed by atoms with Gasteiger partial charge in [-0.1, -0.05) is 99.1 Å². The minimum absolute atomic E-state index is 0.113. The predicted molar refractivity (Wildman–Crippen MR) is 203 cm³/mol. The molecule has 0 aliphatic carbocycles. The van der Waals surface area contributed by atoms with Crippen LogP contribution in [0, 0.1) is 6.92 Å². The van der Waals surface area contributed by atoms with Crippen LogP contribution >= 0.6 is 22.9 Å². The summed E-state index contributed by atoms with van der Waals surface area (Å²) in [5.41, 5.74) is 2.74. The van der Waals surface area contributed by atoms with E-state index in [0.29, 0.717) is 33.5 Å². The number of carbonyl (C=O) groups excluding carboxylic acids is 2. The molecule has 1 N–H and O–H groups in total. The standard InChI is InChI=1S/C39H40ClN3O5SSi/c1-27-24-29(43-26-30(48-38(43)46)25-41-36(44)34-19-20-35(40)49-34)17-18-33(27)42-22-11-12-28(37(42)45)21-23-47-50(39(2,3)4,31-13-7-5-8-14-31)32-15-9-6-10-16-32/h5-20,22,24,30H,21,23,25-26H2,1-4H3,(H,41,44)/t30-/m0/s1. The number of aromatic nitrogens is 1. The molecule has 0 bridgehead atoms. The minimum atomic E-state index is -2.74. The van der Waals surface area contributed by atoms with Crippen molar-refractivity contribution >= 4 is 59.3 Å². The zero-order valence-electron chi connectivity index (χ0n) is 28.5. The number of amides is 2. The van der Waals surface area contributed by atoms with Crippen molar-refractivity contribution in [2.45, 2.75) is 45.3 Å². The Morgan fingerprint density at radius 1 is 0.960 bits per heavy atom. The highest BCUT2D eigenvalue weighted by Crippen LogP contribution is 2.37. The lowest BCUT2D eigenvalue weighted by Gasteiger charge is -2.43. The number of aryl methyl sites for hydroxylation is 1. The number of hydrogen-bond acceptors (Lipinski definition) is 6. The third kappa shape index (κ3) is 7.20. The third-order valence-corrected chi connectivity index (χ3v) is 15.3. The molecule has 2 amide bonds. The maximum Gasteiger partial charge on any atom is 0.414 e. The fourth-order valence-corrected chi connectivity index (χ4v) is 12.2. The van der Waals surface area contributed by atoms with Crippen LogP contribution < -0.4 is 26.1 Å². The number of pyridine rings is 1. The van der Waals surface area contributed by atoms with Gasteiger partial charge < -0.3 is 14.5 Å². The molecule has 3 heterocycles. The van der Waals surface area contributed by atoms with E-state index < -0.39 is 20.5 Å². The summed E-state index contributed by atoms with van der Waals surface area (Å²) in [6.45, 7) is 9.48. The van der Waals surface area contributed by atoms with Gasteiger partial charge in [-0.2, -0.15) is 0 Å². The molecular formula is C39H40ClN3O5SSi. The molecule has 6 rings (SSSR count). The van der Waals surface area contributed by atoms with Crippen LogP contribution in [0.4, 0.5) is 10.5 Å². The first-order valence-corrected chi connectivity index (χ1v) is 19.7. The molecule has 1 saturated heterocycles. The molecular weight excluding hydrogens is 686 g/mol. The van der Waals surface area contributed by atoms with Gasteiger partial charge in [0.1, 0.15) is 6.10 Å². The Balaban J connectivity index is 1.17. The lowest BCUT2D eigenvalue weighted by Crippen LogP contribution is -2.66. The number of ether oxygens (including phenoxy) is 1. The van der Waals surface area contributed by atoms with E-state index in [-0.39, 0.29) is 29.6 Å². The van der Waals surface area contributed by atoms with Gasteiger partial charge in [0, 0.05) is 24.1 Å². The van der Waals surface area contributed by atoms with Crippen molar-refractivity contribution in [1.29, 1.82) is 0 Å². The van der Waals surface area contributed by atoms with Crippen molar-refractivity contribution in [2.24, 2.45) is 0 Å². The Hall–Kier alpha value is -4.48. The summed E-state index contributed by atoms with van der Waals surface area (Å²) in [5, 5.41) is 5.04. The van der Waals surface area contributed by atoms with Gasteiger partial charge in [-0.3, -0.25) is 19.1 Å². The average Bonchev–Trinajstić information content (AvgIpc) is 3.71. The Morgan fingerprint density at radius 2 is 1.64 bits per heavy atom. The van der Waals surface area contributed by atoms with Crippen LogP contribution in [0.3, 0.4) is 0 Å². The van der Waals surface area contributed by atoms with E-state index in [9.17, 15) is 14.4 Å². The van der Waals surface area contributed by atoms with Crippen LogP contribution in [0.2, 0.25) is 9.37 Å². The molecule has 50 heavy (non-hydrogen) atoms. The second-order valence-corrected chi connectivity index (χ2v) is 19.4. The van der Waals surface area contributed by atoms with Gasteiger partial charge in [0.05, 0.1) is 28.0 Å². The van der Waals surface area contributed by atoms with Crippen LogP contribution in [0.25, 0.3) is 5.69 Å². The quantitative estimate of drug-likeness (QED) is 0.153. The molecule has 11 heteroatoms. The molecule has 0 saturated carbocycles. The molecule has 258 valence electrons. The highest BCUT2D eigenvalue weighted by Gasteiger charge is 2.50. The molecule has 2 aromatic heterocycles. The number of cyclic esters (lactones) is 1. The third-order valence-electron chi connectivity index (χ3n) is 9.05. The smallest absolute Gasteiger partial charge is 0.414 e. The SMILES string of the molecule is Cc1cc(N2C[C@H](CNC(=O)c3ccc(Cl)s3)OC2=O)ccc1-n1cccc(CCO[Si](c2ccccc2)(c2ccccc2)C(C)(C)C)c1=O. The van der Waals surface area contributed by atoms with E-state index in [1.807, 2.05) is 49.4 Å². The number of benzene rings is 3. The van der Waals surface area contributed by atoms with Crippen molar-refractivity contribution in [3.05, 3.63) is 140 Å². The Bertz CT molecular complexity index is 2000. The summed E-state index contributed by atoms with van der Waals surface area (Å²) in [4.78, 5) is 41.1. The van der Waals surface area contributed by atoms with E-state index in [1.54, 1.807) is 22.9 Å². The number of nitrogens with one attached hydrogen (secondary N) is 1. The Kier molecular flexibility index (Phi) is 10.5. The lowest BCUT2D eigenvalue weighted by atomic mass is 10.1. The monoisotopic (exact) mass is 725 g/mol. The van der Waals surface area contributed by atoms with Crippen LogP contribution in [0.15, 0.2) is 114 Å². The second-order valence-electron chi connectivity index (χ2n) is 13.4. The zero-order valence-corrected chi connectivity index (χ0v) is 31.1. The summed E-state index contributed by atoms with van der Waals surface area (Å²) >= 11 is 7.13. The van der Waals surface area contributed by atoms with Crippen LogP contribution in [0.1, 0.15) is 41.6 Å². The summed E-state index contributed by atoms with van der Waals surface area (Å²) in [7, 11) is -2.74. The summed E-state index contributed by atoms with van der Waals surface area (Å²) < 4.78 is 14.8. The molecule has 1 aliphatic heterocycles. The van der Waals surface area contributed by atoms with Gasteiger partial charge in [-0.15, -0.1) is 11.3 Å². The zero-order chi connectivity index (χ0) is 35.5. The maximum absolute atomic E-state index is 13.9. The highest BCUT2D eigenvalue weighted by atomic mass is 35.5. The maximum atomic E-state index is 13.9. The Labute approximate surface area is 302 Å². The van der Waals surface area contributed by atoms with Gasteiger partial charge in [-0.05, 0) is 70.7 Å². The number of rotatable bonds is 11. The van der Waals surface area contributed by atoms with Gasteiger partial charge in [-0.25, -0.2) is 4.79 Å². The minimum Gasteiger partial charge on any atom is -0.442 e. The van der Waals surface area contributed by atoms with Gasteiger partial charge in [0.25, 0.3) is 19.8 Å². The molecule has 0 spiro atoms. The normalized spacial score (nSPS) is 14.9. The summed E-state index contributed by atoms with van der Waals surface area (Å²) in [6, 6.07) is 33.5. The van der Waals surface area contributed by atoms with Gasteiger partial charge >= 0.3 is 6.09 Å². The topological polar surface area (TPSA) is 89.9 Å². The number of anilines is 1. The van der Waals surface area contributed by atoms with Crippen LogP contribution in [-0.4, -0.2) is 50.7 Å². The first-order valence-electron chi connectivity index (χ1n) is 16.6. The lowest BCUT2D eigenvalue weighted by molar-refractivity contribution is 0.0920. The molecule has 1 fully saturated rings. The Morgan fingerprint density at radius 3 is 2.24 bits per heavy atom. The second kappa shape index (κ2) is 14.8. The van der Waals surface area contributed by atoms with Gasteiger partial charge in [0.2, 0.25) is 0 Å². The number of carbonyl (C=O) groups is 2. The molecule has 1 aliphatic rings. The van der Waals surface area contributed by atoms with E-state index in [2.05, 4.69) is 74.6 Å². The first-order chi connectivity index (χ1) is 24.0. The predicted octanol–water partition coefficient (Wildman–Crippen LogP) is 6.74. The summed E-state index contributed by atoms with van der Waals surface area (Å²) in [6.07, 6.45) is 1.22. The van der Waals surface area contributed by atoms with Crippen molar-refractivity contribution in [3.8, 4) is 5.69 Å². The molecule has 5 aromatic rings. The fourth-order valence-electron chi connectivity index (χ4n) is 6.64. The van der Waals surface area contributed by atoms with Crippen molar-refractivity contribution in [1.82, 2.24) is 9.88 Å². The van der Waals surface area contributed by atoms with E-state index in [4.69, 9.17) is 20.8 Å². The summed E-state index contributed by atoms with van der Waals surface area (Å²) in [5.74, 6) is -0.265. The van der Waals surface area contributed by atoms with E-state index in [1.165, 1.54) is 26.6 Å². The van der Waals surface area contributed by atoms with Crippen LogP contribution in [0.5, 0.6) is 0 Å². The largest absolute Gasteiger partial charge is 0.442 e. The van der Waals surface area contributed by atoms with E-state index >= 15 is 0 Å². The molecule has 0 radical (unpaired) electrons. The number of halogens is 1. The number of thiophene rings is 1. The average molecular weight is 726 g/mol. The fraction of sp³-hybridized carbons (Fsp3) is 0.256. The van der Waals surface area contributed by atoms with Crippen molar-refractivity contribution < 1.29 is 18.8 Å². The van der Waals surface area contributed by atoms with Crippen molar-refractivity contribution in [3.63, 3.8) is 0 Å². The van der Waals surface area contributed by atoms with Crippen LogP contribution in [-0.2, 0) is 15.6 Å². The van der Waals surface area contributed by atoms with Gasteiger partial charge in [0.15, 0.2) is 0 Å². The molecule has 3 aromatic carbocycles.